The summed E-state index contributed by atoms with van der Waals surface area (Å²) in [6, 6.07) is 7.03. The minimum absolute atomic E-state index is 0.103. The number of amides is 1. The predicted molar refractivity (Wildman–Crippen MR) is 109 cm³/mol. The number of rotatable bonds is 0. The lowest BCUT2D eigenvalue weighted by Gasteiger charge is -2.40. The molecule has 0 N–H and O–H groups in total. The van der Waals surface area contributed by atoms with E-state index in [0.29, 0.717) is 25.5 Å². The average Bonchev–Trinajstić information content (AvgIpc) is 3.38. The lowest BCUT2D eigenvalue weighted by atomic mass is 9.83. The fourth-order valence-electron chi connectivity index (χ4n) is 5.73. The van der Waals surface area contributed by atoms with Crippen molar-refractivity contribution >= 4 is 11.9 Å². The lowest BCUT2D eigenvalue weighted by Crippen LogP contribution is -2.46. The molecule has 150 valence electrons. The zero-order chi connectivity index (χ0) is 19.6. The molecule has 0 bridgehead atoms. The van der Waals surface area contributed by atoms with Gasteiger partial charge in [-0.25, -0.2) is 0 Å². The summed E-state index contributed by atoms with van der Waals surface area (Å²) in [5, 5.41) is 0. The molecule has 29 heavy (non-hydrogen) atoms. The Balaban J connectivity index is 1.17. The van der Waals surface area contributed by atoms with E-state index < -0.39 is 5.60 Å². The second-order valence-corrected chi connectivity index (χ2v) is 9.09. The van der Waals surface area contributed by atoms with Crippen LogP contribution in [0.25, 0.3) is 0 Å². The molecule has 5 aliphatic rings. The largest absolute Gasteiger partial charge is 0.447 e. The van der Waals surface area contributed by atoms with E-state index in [0.717, 1.165) is 38.8 Å². The van der Waals surface area contributed by atoms with E-state index in [1.807, 2.05) is 0 Å². The van der Waals surface area contributed by atoms with Gasteiger partial charge in [0.1, 0.15) is 0 Å². The highest BCUT2D eigenvalue weighted by molar-refractivity contribution is 6.02. The van der Waals surface area contributed by atoms with Crippen LogP contribution in [0, 0.1) is 6.92 Å². The monoisotopic (exact) mass is 390 g/mol. The third-order valence-corrected chi connectivity index (χ3v) is 7.47. The van der Waals surface area contributed by atoms with Gasteiger partial charge in [0.25, 0.3) is 11.9 Å². The van der Waals surface area contributed by atoms with Gasteiger partial charge in [-0.2, -0.15) is 4.99 Å². The van der Waals surface area contributed by atoms with E-state index in [4.69, 9.17) is 9.47 Å². The summed E-state index contributed by atoms with van der Waals surface area (Å²) in [5.74, 6) is -0.103. The standard InChI is InChI=1S/C24H26N2O3/c1-16-5-4-8-20-19(16)15-28-23(20)9-11-26(12-10-23)22-25-21(27)24(29-22)13-17-6-2-3-7-18(17)14-24/h2,4-6,8H,3,7,9-15H2,1H3. The maximum absolute atomic E-state index is 12.8. The van der Waals surface area contributed by atoms with Crippen molar-refractivity contribution in [2.45, 2.75) is 63.3 Å². The normalized spacial score (nSPS) is 29.5. The molecular weight excluding hydrogens is 364 g/mol. The topological polar surface area (TPSA) is 51.1 Å². The number of likely N-dealkylation sites (tertiary alicyclic amines) is 1. The molecule has 5 heteroatoms. The number of nitrogens with zero attached hydrogens (tertiary/aromatic N) is 2. The van der Waals surface area contributed by atoms with Gasteiger partial charge in [-0.1, -0.05) is 35.9 Å². The second-order valence-electron chi connectivity index (χ2n) is 9.09. The van der Waals surface area contributed by atoms with Gasteiger partial charge in [0, 0.05) is 25.9 Å². The Morgan fingerprint density at radius 1 is 1.14 bits per heavy atom. The zero-order valence-electron chi connectivity index (χ0n) is 16.9. The number of benzene rings is 1. The van der Waals surface area contributed by atoms with Crippen molar-refractivity contribution in [3.05, 3.63) is 58.2 Å². The number of ether oxygens (including phenoxy) is 2. The number of aryl methyl sites for hydroxylation is 1. The molecule has 0 aromatic heterocycles. The highest BCUT2D eigenvalue weighted by Gasteiger charge is 2.53. The number of hydrogen-bond acceptors (Lipinski definition) is 4. The van der Waals surface area contributed by atoms with E-state index >= 15 is 0 Å². The summed E-state index contributed by atoms with van der Waals surface area (Å²) in [7, 11) is 0. The van der Waals surface area contributed by atoms with Crippen LogP contribution in [0.4, 0.5) is 0 Å². The smallest absolute Gasteiger partial charge is 0.296 e. The van der Waals surface area contributed by atoms with E-state index in [2.05, 4.69) is 47.2 Å². The van der Waals surface area contributed by atoms with Gasteiger partial charge in [-0.3, -0.25) is 4.79 Å². The van der Waals surface area contributed by atoms with Crippen molar-refractivity contribution in [3.8, 4) is 0 Å². The van der Waals surface area contributed by atoms with Gasteiger partial charge in [-0.15, -0.1) is 0 Å². The third-order valence-electron chi connectivity index (χ3n) is 7.47. The number of carbonyl (C=O) groups is 1. The molecule has 3 aliphatic heterocycles. The average molecular weight is 390 g/mol. The molecule has 1 atom stereocenters. The summed E-state index contributed by atoms with van der Waals surface area (Å²) >= 11 is 0. The Bertz CT molecular complexity index is 997. The van der Waals surface area contributed by atoms with Gasteiger partial charge in [0.2, 0.25) is 5.60 Å². The number of fused-ring (bicyclic) bond motifs is 2. The quantitative estimate of drug-likeness (QED) is 0.674. The highest BCUT2D eigenvalue weighted by Crippen LogP contribution is 2.47. The summed E-state index contributed by atoms with van der Waals surface area (Å²) in [4.78, 5) is 19.3. The van der Waals surface area contributed by atoms with E-state index in [9.17, 15) is 4.79 Å². The summed E-state index contributed by atoms with van der Waals surface area (Å²) < 4.78 is 12.6. The van der Waals surface area contributed by atoms with Crippen molar-refractivity contribution in [2.24, 2.45) is 4.99 Å². The van der Waals surface area contributed by atoms with Gasteiger partial charge < -0.3 is 14.4 Å². The molecule has 1 saturated heterocycles. The van der Waals surface area contributed by atoms with Gasteiger partial charge in [0.05, 0.1) is 12.2 Å². The molecule has 1 amide bonds. The minimum atomic E-state index is -0.780. The first kappa shape index (κ1) is 17.5. The van der Waals surface area contributed by atoms with Gasteiger partial charge in [-0.05, 0) is 54.9 Å². The van der Waals surface area contributed by atoms with Crippen molar-refractivity contribution in [2.75, 3.05) is 13.1 Å². The molecule has 1 unspecified atom stereocenters. The van der Waals surface area contributed by atoms with Gasteiger partial charge in [0.15, 0.2) is 0 Å². The SMILES string of the molecule is Cc1cccc2c1COC21CCN(C2=NC(=O)C3(CC4=C(CCC=C4)C3)O2)CC1. The summed E-state index contributed by atoms with van der Waals surface area (Å²) in [6.07, 6.45) is 9.63. The minimum Gasteiger partial charge on any atom is -0.447 e. The predicted octanol–water partition coefficient (Wildman–Crippen LogP) is 3.91. The summed E-state index contributed by atoms with van der Waals surface area (Å²) in [6.45, 7) is 4.45. The number of amidine groups is 1. The van der Waals surface area contributed by atoms with Crippen LogP contribution in [0.15, 0.2) is 46.5 Å². The van der Waals surface area contributed by atoms with Gasteiger partial charge >= 0.3 is 0 Å². The first-order valence-corrected chi connectivity index (χ1v) is 10.8. The Labute approximate surface area is 171 Å². The number of allylic oxidation sites excluding steroid dienone is 2. The van der Waals surface area contributed by atoms with Crippen molar-refractivity contribution in [1.82, 2.24) is 4.90 Å². The molecule has 1 aromatic carbocycles. The van der Waals surface area contributed by atoms with Crippen LogP contribution in [0.1, 0.15) is 55.2 Å². The highest BCUT2D eigenvalue weighted by atomic mass is 16.5. The number of hydrogen-bond donors (Lipinski definition) is 0. The molecule has 2 aliphatic carbocycles. The van der Waals surface area contributed by atoms with E-state index in [-0.39, 0.29) is 11.5 Å². The molecule has 1 fully saturated rings. The molecule has 3 heterocycles. The first-order valence-electron chi connectivity index (χ1n) is 10.8. The van der Waals surface area contributed by atoms with Crippen molar-refractivity contribution in [1.29, 1.82) is 0 Å². The number of carbonyl (C=O) groups excluding carboxylic acids is 1. The second kappa shape index (κ2) is 6.05. The fourth-order valence-corrected chi connectivity index (χ4v) is 5.73. The van der Waals surface area contributed by atoms with E-state index in [1.165, 1.54) is 27.8 Å². The van der Waals surface area contributed by atoms with Crippen LogP contribution in [-0.4, -0.2) is 35.5 Å². The first-order chi connectivity index (χ1) is 14.1. The Hall–Kier alpha value is -2.40. The number of aliphatic imine (C=N–C) groups is 1. The fraction of sp³-hybridized carbons (Fsp3) is 0.500. The van der Waals surface area contributed by atoms with Crippen LogP contribution >= 0.6 is 0 Å². The van der Waals surface area contributed by atoms with Crippen LogP contribution in [0.5, 0.6) is 0 Å². The van der Waals surface area contributed by atoms with Crippen LogP contribution in [-0.2, 0) is 26.5 Å². The molecule has 2 spiro atoms. The zero-order valence-corrected chi connectivity index (χ0v) is 16.9. The maximum atomic E-state index is 12.8. The molecule has 0 saturated carbocycles. The summed E-state index contributed by atoms with van der Waals surface area (Å²) in [5.41, 5.74) is 5.68. The molecule has 1 aromatic rings. The maximum Gasteiger partial charge on any atom is 0.296 e. The Morgan fingerprint density at radius 3 is 2.83 bits per heavy atom. The van der Waals surface area contributed by atoms with Crippen LogP contribution in [0.3, 0.4) is 0 Å². The third kappa shape index (κ3) is 2.49. The molecule has 5 nitrogen and oxygen atoms in total. The Morgan fingerprint density at radius 2 is 2.00 bits per heavy atom. The Kier molecular flexibility index (Phi) is 3.64. The van der Waals surface area contributed by atoms with Crippen LogP contribution < -0.4 is 0 Å². The van der Waals surface area contributed by atoms with Crippen molar-refractivity contribution < 1.29 is 14.3 Å². The van der Waals surface area contributed by atoms with Crippen molar-refractivity contribution in [3.63, 3.8) is 0 Å². The lowest BCUT2D eigenvalue weighted by molar-refractivity contribution is -0.130. The number of piperidine rings is 1. The molecule has 6 rings (SSSR count). The van der Waals surface area contributed by atoms with E-state index in [1.54, 1.807) is 0 Å². The molecular formula is C24H26N2O3. The van der Waals surface area contributed by atoms with Crippen LogP contribution in [0.2, 0.25) is 0 Å². The molecule has 0 radical (unpaired) electrons.